The van der Waals surface area contributed by atoms with Crippen LogP contribution in [-0.4, -0.2) is 30.4 Å². The lowest BCUT2D eigenvalue weighted by molar-refractivity contribution is -0.124. The van der Waals surface area contributed by atoms with Crippen molar-refractivity contribution in [2.24, 2.45) is 11.8 Å². The smallest absolute Gasteiger partial charge is 0.222 e. The fraction of sp³-hybridized carbons (Fsp3) is 0.632. The molecule has 1 N–H and O–H groups in total. The van der Waals surface area contributed by atoms with Gasteiger partial charge in [-0.15, -0.1) is 0 Å². The third-order valence-electron chi connectivity index (χ3n) is 5.30. The van der Waals surface area contributed by atoms with Gasteiger partial charge in [0.1, 0.15) is 0 Å². The first-order valence-electron chi connectivity index (χ1n) is 8.95. The number of nitrogens with zero attached hydrogens (tertiary/aromatic N) is 1. The molecule has 1 heterocycles. The fourth-order valence-corrected chi connectivity index (χ4v) is 4.60. The Hall–Kier alpha value is -0.770. The molecule has 132 valence electrons. The maximum atomic E-state index is 11.8. The second-order valence-electron chi connectivity index (χ2n) is 7.41. The Kier molecular flexibility index (Phi) is 5.74. The minimum absolute atomic E-state index is 0.0516. The average Bonchev–Trinajstić information content (AvgIpc) is 2.96. The van der Waals surface area contributed by atoms with E-state index in [9.17, 15) is 4.79 Å². The Bertz CT molecular complexity index is 618. The SMILES string of the molecule is CC(C)C(=O)NC[C@H]1CCCN([C@@H]2CCc3c(Cl)cc(Cl)cc32)C1. The topological polar surface area (TPSA) is 32.3 Å². The molecule has 1 aliphatic heterocycles. The highest BCUT2D eigenvalue weighted by molar-refractivity contribution is 6.35. The van der Waals surface area contributed by atoms with Gasteiger partial charge in [-0.05, 0) is 61.4 Å². The van der Waals surface area contributed by atoms with Crippen LogP contribution in [0.1, 0.15) is 50.3 Å². The van der Waals surface area contributed by atoms with E-state index in [0.29, 0.717) is 12.0 Å². The Morgan fingerprint density at radius 2 is 2.12 bits per heavy atom. The van der Waals surface area contributed by atoms with Gasteiger partial charge in [-0.1, -0.05) is 37.0 Å². The Labute approximate surface area is 154 Å². The molecule has 3 rings (SSSR count). The summed E-state index contributed by atoms with van der Waals surface area (Å²) >= 11 is 12.6. The van der Waals surface area contributed by atoms with E-state index in [1.54, 1.807) is 0 Å². The summed E-state index contributed by atoms with van der Waals surface area (Å²) in [4.78, 5) is 14.4. The van der Waals surface area contributed by atoms with Crippen molar-refractivity contribution < 1.29 is 4.79 Å². The van der Waals surface area contributed by atoms with Crippen LogP contribution in [0, 0.1) is 11.8 Å². The number of piperidine rings is 1. The summed E-state index contributed by atoms with van der Waals surface area (Å²) in [6.45, 7) is 6.80. The molecule has 1 fully saturated rings. The number of rotatable bonds is 4. The molecule has 2 aliphatic rings. The lowest BCUT2D eigenvalue weighted by Gasteiger charge is -2.37. The first-order chi connectivity index (χ1) is 11.5. The third-order valence-corrected chi connectivity index (χ3v) is 5.86. The van der Waals surface area contributed by atoms with Crippen molar-refractivity contribution >= 4 is 29.1 Å². The number of halogens is 2. The van der Waals surface area contributed by atoms with Gasteiger partial charge in [0.15, 0.2) is 0 Å². The first-order valence-corrected chi connectivity index (χ1v) is 9.71. The predicted molar refractivity (Wildman–Crippen MR) is 99.7 cm³/mol. The van der Waals surface area contributed by atoms with E-state index in [0.717, 1.165) is 42.5 Å². The zero-order valence-corrected chi connectivity index (χ0v) is 16.0. The van der Waals surface area contributed by atoms with E-state index in [2.05, 4.69) is 16.3 Å². The first kappa shape index (κ1) is 18.0. The van der Waals surface area contributed by atoms with Crippen LogP contribution < -0.4 is 5.32 Å². The van der Waals surface area contributed by atoms with Crippen LogP contribution in [0.15, 0.2) is 12.1 Å². The summed E-state index contributed by atoms with van der Waals surface area (Å²) in [7, 11) is 0. The standard InChI is InChI=1S/C19H26Cl2N2O/c1-12(2)19(24)22-10-13-4-3-7-23(11-13)18-6-5-15-16(18)8-14(20)9-17(15)21/h8-9,12-13,18H,3-7,10-11H2,1-2H3,(H,22,24)/t13-,18-/m1/s1. The molecule has 0 bridgehead atoms. The van der Waals surface area contributed by atoms with Crippen molar-refractivity contribution in [1.82, 2.24) is 10.2 Å². The molecule has 0 aromatic heterocycles. The van der Waals surface area contributed by atoms with Crippen molar-refractivity contribution in [2.75, 3.05) is 19.6 Å². The van der Waals surface area contributed by atoms with E-state index < -0.39 is 0 Å². The molecule has 0 radical (unpaired) electrons. The number of fused-ring (bicyclic) bond motifs is 1. The summed E-state index contributed by atoms with van der Waals surface area (Å²) in [6.07, 6.45) is 4.51. The molecule has 1 aromatic rings. The Balaban J connectivity index is 1.66. The monoisotopic (exact) mass is 368 g/mol. The molecular formula is C19H26Cl2N2O. The van der Waals surface area contributed by atoms with Crippen molar-refractivity contribution in [3.63, 3.8) is 0 Å². The van der Waals surface area contributed by atoms with E-state index in [1.165, 1.54) is 24.0 Å². The summed E-state index contributed by atoms with van der Waals surface area (Å²) in [5.74, 6) is 0.729. The normalized spacial score (nSPS) is 24.2. The molecule has 2 atom stereocenters. The summed E-state index contributed by atoms with van der Waals surface area (Å²) in [5, 5.41) is 4.62. The molecule has 24 heavy (non-hydrogen) atoms. The molecule has 5 heteroatoms. The minimum atomic E-state index is 0.0516. The molecular weight excluding hydrogens is 343 g/mol. The number of nitrogens with one attached hydrogen (secondary N) is 1. The lowest BCUT2D eigenvalue weighted by atomic mass is 9.95. The molecule has 3 nitrogen and oxygen atoms in total. The molecule has 0 saturated carbocycles. The molecule has 0 unspecified atom stereocenters. The third kappa shape index (κ3) is 3.89. The van der Waals surface area contributed by atoms with Crippen molar-refractivity contribution in [1.29, 1.82) is 0 Å². The van der Waals surface area contributed by atoms with Gasteiger partial charge in [0.25, 0.3) is 0 Å². The predicted octanol–water partition coefficient (Wildman–Crippen LogP) is 4.46. The second-order valence-corrected chi connectivity index (χ2v) is 8.26. The number of carbonyl (C=O) groups is 1. The van der Waals surface area contributed by atoms with Gasteiger partial charge in [-0.2, -0.15) is 0 Å². The van der Waals surface area contributed by atoms with Gasteiger partial charge in [0.2, 0.25) is 5.91 Å². The van der Waals surface area contributed by atoms with Crippen LogP contribution in [0.2, 0.25) is 10.0 Å². The number of amides is 1. The maximum Gasteiger partial charge on any atom is 0.222 e. The Morgan fingerprint density at radius 1 is 1.33 bits per heavy atom. The van der Waals surface area contributed by atoms with E-state index in [1.807, 2.05) is 19.9 Å². The summed E-state index contributed by atoms with van der Waals surface area (Å²) < 4.78 is 0. The van der Waals surface area contributed by atoms with E-state index in [-0.39, 0.29) is 11.8 Å². The highest BCUT2D eigenvalue weighted by Crippen LogP contribution is 2.42. The van der Waals surface area contributed by atoms with Crippen LogP contribution >= 0.6 is 23.2 Å². The molecule has 0 spiro atoms. The van der Waals surface area contributed by atoms with Gasteiger partial charge in [0.05, 0.1) is 0 Å². The summed E-state index contributed by atoms with van der Waals surface area (Å²) in [5.41, 5.74) is 2.57. The molecule has 1 saturated heterocycles. The lowest BCUT2D eigenvalue weighted by Crippen LogP contribution is -2.42. The van der Waals surface area contributed by atoms with Gasteiger partial charge in [-0.3, -0.25) is 9.69 Å². The van der Waals surface area contributed by atoms with Crippen LogP contribution in [0.4, 0.5) is 0 Å². The fourth-order valence-electron chi connectivity index (χ4n) is 4.00. The number of likely N-dealkylation sites (tertiary alicyclic amines) is 1. The highest BCUT2D eigenvalue weighted by Gasteiger charge is 2.32. The van der Waals surface area contributed by atoms with Gasteiger partial charge in [-0.25, -0.2) is 0 Å². The van der Waals surface area contributed by atoms with Crippen LogP contribution in [0.3, 0.4) is 0 Å². The number of hydrogen-bond acceptors (Lipinski definition) is 2. The van der Waals surface area contributed by atoms with E-state index >= 15 is 0 Å². The van der Waals surface area contributed by atoms with E-state index in [4.69, 9.17) is 23.2 Å². The number of benzene rings is 1. The highest BCUT2D eigenvalue weighted by atomic mass is 35.5. The van der Waals surface area contributed by atoms with Crippen molar-refractivity contribution in [3.8, 4) is 0 Å². The molecule has 1 aromatic carbocycles. The minimum Gasteiger partial charge on any atom is -0.356 e. The van der Waals surface area contributed by atoms with Crippen LogP contribution in [-0.2, 0) is 11.2 Å². The molecule has 1 amide bonds. The second kappa shape index (κ2) is 7.63. The molecule has 1 aliphatic carbocycles. The van der Waals surface area contributed by atoms with Gasteiger partial charge >= 0.3 is 0 Å². The largest absolute Gasteiger partial charge is 0.356 e. The van der Waals surface area contributed by atoms with Crippen molar-refractivity contribution in [2.45, 2.75) is 45.6 Å². The summed E-state index contributed by atoms with van der Waals surface area (Å²) in [6, 6.07) is 4.36. The zero-order chi connectivity index (χ0) is 17.3. The number of carbonyl (C=O) groups excluding carboxylic acids is 1. The average molecular weight is 369 g/mol. The van der Waals surface area contributed by atoms with Crippen LogP contribution in [0.25, 0.3) is 0 Å². The van der Waals surface area contributed by atoms with Gasteiger partial charge < -0.3 is 5.32 Å². The van der Waals surface area contributed by atoms with Gasteiger partial charge in [0, 0.05) is 35.1 Å². The quantitative estimate of drug-likeness (QED) is 0.850. The number of hydrogen-bond donors (Lipinski definition) is 1. The zero-order valence-electron chi connectivity index (χ0n) is 14.4. The Morgan fingerprint density at radius 3 is 2.88 bits per heavy atom. The maximum absolute atomic E-state index is 11.8. The van der Waals surface area contributed by atoms with Crippen molar-refractivity contribution in [3.05, 3.63) is 33.3 Å². The van der Waals surface area contributed by atoms with Crippen LogP contribution in [0.5, 0.6) is 0 Å².